The zero-order valence-corrected chi connectivity index (χ0v) is 22.3. The molecule has 1 saturated heterocycles. The highest BCUT2D eigenvalue weighted by molar-refractivity contribution is 7.99. The molecule has 3 aromatic rings. The van der Waals surface area contributed by atoms with E-state index in [1.807, 2.05) is 24.3 Å². The second-order valence-electron chi connectivity index (χ2n) is 9.43. The van der Waals surface area contributed by atoms with Gasteiger partial charge in [-0.15, -0.1) is 11.3 Å². The molecule has 192 valence electrons. The Labute approximate surface area is 219 Å². The summed E-state index contributed by atoms with van der Waals surface area (Å²) in [6, 6.07) is 8.02. The van der Waals surface area contributed by atoms with Gasteiger partial charge in [-0.1, -0.05) is 41.6 Å². The molecule has 9 heteroatoms. The summed E-state index contributed by atoms with van der Waals surface area (Å²) < 4.78 is 8.98. The highest BCUT2D eigenvalue weighted by Crippen LogP contribution is 2.31. The fourth-order valence-corrected chi connectivity index (χ4v) is 6.85. The van der Waals surface area contributed by atoms with Crippen LogP contribution in [-0.4, -0.2) is 65.5 Å². The zero-order valence-electron chi connectivity index (χ0n) is 20.7. The van der Waals surface area contributed by atoms with Crippen LogP contribution in [0.4, 0.5) is 0 Å². The van der Waals surface area contributed by atoms with E-state index in [0.717, 1.165) is 74.1 Å². The normalized spacial score (nSPS) is 16.9. The number of thiophene rings is 1. The third-order valence-electron chi connectivity index (χ3n) is 6.89. The van der Waals surface area contributed by atoms with E-state index in [1.165, 1.54) is 41.5 Å². The van der Waals surface area contributed by atoms with Gasteiger partial charge < -0.3 is 10.1 Å². The maximum atomic E-state index is 13.6. The van der Waals surface area contributed by atoms with E-state index >= 15 is 0 Å². The van der Waals surface area contributed by atoms with E-state index in [1.54, 1.807) is 4.57 Å². The van der Waals surface area contributed by atoms with Crippen LogP contribution in [0.25, 0.3) is 20.3 Å². The summed E-state index contributed by atoms with van der Waals surface area (Å²) in [5.41, 5.74) is 2.20. The Balaban J connectivity index is 1.29. The quantitative estimate of drug-likeness (QED) is 0.239. The van der Waals surface area contributed by atoms with Crippen molar-refractivity contribution in [3.63, 3.8) is 0 Å². The lowest BCUT2D eigenvalue weighted by Gasteiger charge is -2.26. The Kier molecular flexibility index (Phi) is 8.74. The maximum Gasteiger partial charge on any atom is 0.272 e. The van der Waals surface area contributed by atoms with Crippen LogP contribution in [-0.2, 0) is 16.1 Å². The Bertz CT molecular complexity index is 1290. The summed E-state index contributed by atoms with van der Waals surface area (Å²) in [5.74, 6) is 0.239. The average Bonchev–Trinajstić information content (AvgIpc) is 3.29. The number of aromatic nitrogens is 2. The molecule has 2 aromatic heterocycles. The summed E-state index contributed by atoms with van der Waals surface area (Å²) in [6.07, 6.45) is 8.94. The highest BCUT2D eigenvalue weighted by Gasteiger charge is 2.18. The monoisotopic (exact) mass is 526 g/mol. The number of nitrogens with zero attached hydrogens (tertiary/aromatic N) is 3. The molecule has 5 rings (SSSR count). The van der Waals surface area contributed by atoms with E-state index in [2.05, 4.69) is 16.3 Å². The van der Waals surface area contributed by atoms with E-state index < -0.39 is 0 Å². The Morgan fingerprint density at radius 3 is 2.86 bits per heavy atom. The number of carbonyl (C=O) groups is 1. The maximum absolute atomic E-state index is 13.6. The molecule has 0 radical (unpaired) electrons. The minimum absolute atomic E-state index is 0.00433. The van der Waals surface area contributed by atoms with Gasteiger partial charge in [-0.05, 0) is 44.6 Å². The molecule has 1 N–H and O–H groups in total. The summed E-state index contributed by atoms with van der Waals surface area (Å²) in [6.45, 7) is 5.57. The number of fused-ring (bicyclic) bond motifs is 3. The van der Waals surface area contributed by atoms with Gasteiger partial charge in [0.05, 0.1) is 24.5 Å². The van der Waals surface area contributed by atoms with Crippen molar-refractivity contribution in [1.29, 1.82) is 0 Å². The fourth-order valence-electron chi connectivity index (χ4n) is 4.91. The molecule has 0 unspecified atom stereocenters. The molecule has 3 heterocycles. The van der Waals surface area contributed by atoms with Crippen molar-refractivity contribution >= 4 is 49.3 Å². The lowest BCUT2D eigenvalue weighted by Crippen LogP contribution is -2.37. The third kappa shape index (κ3) is 6.19. The van der Waals surface area contributed by atoms with Crippen LogP contribution in [0.1, 0.15) is 38.5 Å². The molecular weight excluding hydrogens is 492 g/mol. The molecule has 0 atom stereocenters. The summed E-state index contributed by atoms with van der Waals surface area (Å²) in [7, 11) is 0. The van der Waals surface area contributed by atoms with Gasteiger partial charge >= 0.3 is 0 Å². The number of benzene rings is 1. The number of hydrogen-bond donors (Lipinski definition) is 1. The van der Waals surface area contributed by atoms with E-state index in [4.69, 9.17) is 9.72 Å². The molecule has 2 aliphatic rings. The van der Waals surface area contributed by atoms with Gasteiger partial charge in [-0.25, -0.2) is 4.98 Å². The predicted octanol–water partition coefficient (Wildman–Crippen LogP) is 4.43. The van der Waals surface area contributed by atoms with Crippen molar-refractivity contribution in [2.45, 2.75) is 50.2 Å². The number of carbonyl (C=O) groups excluding carboxylic acids is 1. The molecule has 0 spiro atoms. The van der Waals surface area contributed by atoms with Gasteiger partial charge in [0, 0.05) is 42.8 Å². The Morgan fingerprint density at radius 2 is 2.03 bits per heavy atom. The number of nitrogens with one attached hydrogen (secondary N) is 1. The largest absolute Gasteiger partial charge is 0.379 e. The molecule has 7 nitrogen and oxygen atoms in total. The minimum atomic E-state index is -0.0131. The second-order valence-corrected chi connectivity index (χ2v) is 11.4. The fraction of sp³-hybridized carbons (Fsp3) is 0.519. The van der Waals surface area contributed by atoms with Crippen LogP contribution in [0.5, 0.6) is 0 Å². The van der Waals surface area contributed by atoms with Crippen molar-refractivity contribution in [2.24, 2.45) is 0 Å². The molecular formula is C27H34N4O3S2. The first kappa shape index (κ1) is 25.4. The number of amides is 1. The highest BCUT2D eigenvalue weighted by atomic mass is 32.2. The van der Waals surface area contributed by atoms with Crippen LogP contribution < -0.4 is 10.9 Å². The van der Waals surface area contributed by atoms with E-state index in [0.29, 0.717) is 22.9 Å². The number of morpholine rings is 1. The Hall–Kier alpha value is -2.20. The molecule has 36 heavy (non-hydrogen) atoms. The first-order chi connectivity index (χ1) is 17.7. The van der Waals surface area contributed by atoms with Crippen molar-refractivity contribution < 1.29 is 9.53 Å². The predicted molar refractivity (Wildman–Crippen MR) is 148 cm³/mol. The topological polar surface area (TPSA) is 76.5 Å². The molecule has 1 aromatic carbocycles. The molecule has 1 amide bonds. The van der Waals surface area contributed by atoms with Gasteiger partial charge in [0.25, 0.3) is 5.56 Å². The van der Waals surface area contributed by atoms with Gasteiger partial charge in [-0.3, -0.25) is 19.1 Å². The molecule has 1 aliphatic heterocycles. The summed E-state index contributed by atoms with van der Waals surface area (Å²) in [4.78, 5) is 33.5. The standard InChI is InChI=1S/C27H34N4O3S2/c32-23(28-12-11-20-7-2-1-3-8-20)19-35-27-29-24-21-9-4-5-10-22(21)36-25(24)26(33)31(27)14-6-13-30-15-17-34-18-16-30/h4-5,7,9-10H,1-3,6,8,11-19H2,(H,28,32). The van der Waals surface area contributed by atoms with E-state index in [9.17, 15) is 9.59 Å². The minimum Gasteiger partial charge on any atom is -0.379 e. The molecule has 1 aliphatic carbocycles. The molecule has 0 saturated carbocycles. The van der Waals surface area contributed by atoms with Crippen LogP contribution >= 0.6 is 23.1 Å². The molecule has 1 fully saturated rings. The lowest BCUT2D eigenvalue weighted by molar-refractivity contribution is -0.118. The SMILES string of the molecule is O=C(CSc1nc2c(sc3ccccc32)c(=O)n1CCCN1CCOCC1)NCCC1=CCCCC1. The molecule has 0 bridgehead atoms. The van der Waals surface area contributed by atoms with Gasteiger partial charge in [-0.2, -0.15) is 0 Å². The number of allylic oxidation sites excluding steroid dienone is 1. The van der Waals surface area contributed by atoms with Gasteiger partial charge in [0.15, 0.2) is 5.16 Å². The summed E-state index contributed by atoms with van der Waals surface area (Å²) >= 11 is 2.87. The van der Waals surface area contributed by atoms with Crippen LogP contribution in [0.2, 0.25) is 0 Å². The summed E-state index contributed by atoms with van der Waals surface area (Å²) in [5, 5.41) is 4.68. The van der Waals surface area contributed by atoms with Crippen molar-refractivity contribution in [3.8, 4) is 0 Å². The van der Waals surface area contributed by atoms with Gasteiger partial charge in [0.2, 0.25) is 5.91 Å². The average molecular weight is 527 g/mol. The Morgan fingerprint density at radius 1 is 1.17 bits per heavy atom. The smallest absolute Gasteiger partial charge is 0.272 e. The van der Waals surface area contributed by atoms with E-state index in [-0.39, 0.29) is 17.2 Å². The number of thioether (sulfide) groups is 1. The van der Waals surface area contributed by atoms with Gasteiger partial charge in [0.1, 0.15) is 4.70 Å². The van der Waals surface area contributed by atoms with Crippen molar-refractivity contribution in [1.82, 2.24) is 19.8 Å². The second kappa shape index (κ2) is 12.4. The first-order valence-electron chi connectivity index (χ1n) is 13.0. The third-order valence-corrected chi connectivity index (χ3v) is 9.02. The number of rotatable bonds is 10. The van der Waals surface area contributed by atoms with Crippen molar-refractivity contribution in [2.75, 3.05) is 45.1 Å². The first-order valence-corrected chi connectivity index (χ1v) is 14.8. The number of ether oxygens (including phenoxy) is 1. The lowest BCUT2D eigenvalue weighted by atomic mass is 9.97. The van der Waals surface area contributed by atoms with Crippen molar-refractivity contribution in [3.05, 3.63) is 46.3 Å². The van der Waals surface area contributed by atoms with Crippen LogP contribution in [0, 0.1) is 0 Å². The zero-order chi connectivity index (χ0) is 24.7. The van der Waals surface area contributed by atoms with Crippen LogP contribution in [0.15, 0.2) is 45.9 Å². The van der Waals surface area contributed by atoms with Crippen LogP contribution in [0.3, 0.4) is 0 Å². The number of hydrogen-bond acceptors (Lipinski definition) is 7.